The summed E-state index contributed by atoms with van der Waals surface area (Å²) in [6, 6.07) is 23.6. The van der Waals surface area contributed by atoms with E-state index in [0.717, 1.165) is 24.2 Å². The van der Waals surface area contributed by atoms with E-state index in [0.29, 0.717) is 24.4 Å². The first-order chi connectivity index (χ1) is 15.5. The highest BCUT2D eigenvalue weighted by Crippen LogP contribution is 2.25. The summed E-state index contributed by atoms with van der Waals surface area (Å²) in [5.74, 6) is 0.687. The standard InChI is InChI=1S/C27H27N3O2/c1-20-4-3-5-26(21(20)2)29-14-16-30(17-15-29)27(31)19-32-25-12-10-24(11-13-25)23-8-6-22(18-28)7-9-23/h3-13H,14-17,19H2,1-2H3. The molecule has 32 heavy (non-hydrogen) atoms. The van der Waals surface area contributed by atoms with E-state index in [9.17, 15) is 4.79 Å². The Kier molecular flexibility index (Phi) is 6.42. The molecule has 1 amide bonds. The van der Waals surface area contributed by atoms with Gasteiger partial charge in [0.05, 0.1) is 11.6 Å². The Morgan fingerprint density at radius 2 is 1.53 bits per heavy atom. The van der Waals surface area contributed by atoms with Gasteiger partial charge in [0, 0.05) is 31.9 Å². The van der Waals surface area contributed by atoms with Crippen LogP contribution < -0.4 is 9.64 Å². The first-order valence-corrected chi connectivity index (χ1v) is 10.9. The average molecular weight is 426 g/mol. The van der Waals surface area contributed by atoms with Gasteiger partial charge in [-0.05, 0) is 66.4 Å². The van der Waals surface area contributed by atoms with Gasteiger partial charge in [-0.3, -0.25) is 4.79 Å². The molecule has 3 aromatic rings. The van der Waals surface area contributed by atoms with Crippen molar-refractivity contribution in [3.05, 3.63) is 83.4 Å². The van der Waals surface area contributed by atoms with Crippen LogP contribution in [-0.2, 0) is 4.79 Å². The fourth-order valence-electron chi connectivity index (χ4n) is 3.99. The summed E-state index contributed by atoms with van der Waals surface area (Å²) in [6.07, 6.45) is 0. The molecular weight excluding hydrogens is 398 g/mol. The second kappa shape index (κ2) is 9.57. The van der Waals surface area contributed by atoms with Gasteiger partial charge in [-0.15, -0.1) is 0 Å². The highest BCUT2D eigenvalue weighted by Gasteiger charge is 2.22. The van der Waals surface area contributed by atoms with Crippen LogP contribution in [0.2, 0.25) is 0 Å². The van der Waals surface area contributed by atoms with Crippen molar-refractivity contribution < 1.29 is 9.53 Å². The van der Waals surface area contributed by atoms with Crippen LogP contribution in [0.5, 0.6) is 5.75 Å². The van der Waals surface area contributed by atoms with E-state index in [4.69, 9.17) is 10.00 Å². The molecular formula is C27H27N3O2. The van der Waals surface area contributed by atoms with E-state index in [1.54, 1.807) is 12.1 Å². The Bertz CT molecular complexity index is 1120. The molecule has 5 nitrogen and oxygen atoms in total. The third kappa shape index (κ3) is 4.76. The van der Waals surface area contributed by atoms with Crippen LogP contribution in [0.3, 0.4) is 0 Å². The number of hydrogen-bond acceptors (Lipinski definition) is 4. The van der Waals surface area contributed by atoms with E-state index in [-0.39, 0.29) is 12.5 Å². The normalized spacial score (nSPS) is 13.5. The minimum Gasteiger partial charge on any atom is -0.484 e. The summed E-state index contributed by atoms with van der Waals surface area (Å²) in [7, 11) is 0. The topological polar surface area (TPSA) is 56.6 Å². The number of amides is 1. The summed E-state index contributed by atoms with van der Waals surface area (Å²) in [6.45, 7) is 7.39. The maximum atomic E-state index is 12.6. The van der Waals surface area contributed by atoms with E-state index >= 15 is 0 Å². The molecule has 1 saturated heterocycles. The molecule has 0 radical (unpaired) electrons. The maximum Gasteiger partial charge on any atom is 0.260 e. The molecule has 1 aliphatic rings. The number of piperazine rings is 1. The van der Waals surface area contributed by atoms with Gasteiger partial charge in [-0.25, -0.2) is 0 Å². The zero-order chi connectivity index (χ0) is 22.5. The molecule has 162 valence electrons. The zero-order valence-corrected chi connectivity index (χ0v) is 18.5. The zero-order valence-electron chi connectivity index (χ0n) is 18.5. The molecule has 1 fully saturated rings. The molecule has 0 unspecified atom stereocenters. The summed E-state index contributed by atoms with van der Waals surface area (Å²) in [5, 5.41) is 8.92. The van der Waals surface area contributed by atoms with Crippen molar-refractivity contribution in [2.75, 3.05) is 37.7 Å². The Morgan fingerprint density at radius 3 is 2.16 bits per heavy atom. The van der Waals surface area contributed by atoms with Crippen molar-refractivity contribution in [3.8, 4) is 22.9 Å². The predicted octanol–water partition coefficient (Wildman–Crippen LogP) is 4.57. The summed E-state index contributed by atoms with van der Waals surface area (Å²) in [4.78, 5) is 16.9. The molecule has 1 heterocycles. The van der Waals surface area contributed by atoms with E-state index < -0.39 is 0 Å². The van der Waals surface area contributed by atoms with E-state index in [1.807, 2.05) is 41.3 Å². The van der Waals surface area contributed by atoms with Crippen LogP contribution in [-0.4, -0.2) is 43.6 Å². The molecule has 0 aromatic heterocycles. The fourth-order valence-corrected chi connectivity index (χ4v) is 3.99. The van der Waals surface area contributed by atoms with Crippen molar-refractivity contribution in [2.24, 2.45) is 0 Å². The summed E-state index contributed by atoms with van der Waals surface area (Å²) >= 11 is 0. The molecule has 0 bridgehead atoms. The van der Waals surface area contributed by atoms with Gasteiger partial charge < -0.3 is 14.5 Å². The quantitative estimate of drug-likeness (QED) is 0.601. The fraction of sp³-hybridized carbons (Fsp3) is 0.259. The number of rotatable bonds is 5. The second-order valence-corrected chi connectivity index (χ2v) is 8.09. The van der Waals surface area contributed by atoms with E-state index in [2.05, 4.69) is 43.0 Å². The third-order valence-corrected chi connectivity index (χ3v) is 6.11. The lowest BCUT2D eigenvalue weighted by Crippen LogP contribution is -2.50. The Morgan fingerprint density at radius 1 is 0.906 bits per heavy atom. The Balaban J connectivity index is 1.28. The first-order valence-electron chi connectivity index (χ1n) is 10.9. The number of carbonyl (C=O) groups excluding carboxylic acids is 1. The largest absolute Gasteiger partial charge is 0.484 e. The van der Waals surface area contributed by atoms with Gasteiger partial charge in [0.15, 0.2) is 6.61 Å². The number of carbonyl (C=O) groups is 1. The number of aryl methyl sites for hydroxylation is 1. The summed E-state index contributed by atoms with van der Waals surface area (Å²) in [5.41, 5.74) is 6.57. The molecule has 5 heteroatoms. The molecule has 0 aliphatic carbocycles. The molecule has 0 spiro atoms. The van der Waals surface area contributed by atoms with Crippen LogP contribution in [0.15, 0.2) is 66.7 Å². The SMILES string of the molecule is Cc1cccc(N2CCN(C(=O)COc3ccc(-c4ccc(C#N)cc4)cc3)CC2)c1C. The molecule has 1 aliphatic heterocycles. The number of nitriles is 1. The number of ether oxygens (including phenoxy) is 1. The minimum absolute atomic E-state index is 0.0155. The highest BCUT2D eigenvalue weighted by atomic mass is 16.5. The highest BCUT2D eigenvalue weighted by molar-refractivity contribution is 5.78. The molecule has 0 N–H and O–H groups in total. The minimum atomic E-state index is 0.0155. The monoisotopic (exact) mass is 425 g/mol. The number of nitrogens with zero attached hydrogens (tertiary/aromatic N) is 3. The predicted molar refractivity (Wildman–Crippen MR) is 127 cm³/mol. The van der Waals surface area contributed by atoms with Crippen molar-refractivity contribution >= 4 is 11.6 Å². The van der Waals surface area contributed by atoms with E-state index in [1.165, 1.54) is 16.8 Å². The number of anilines is 1. The lowest BCUT2D eigenvalue weighted by molar-refractivity contribution is -0.133. The third-order valence-electron chi connectivity index (χ3n) is 6.11. The maximum absolute atomic E-state index is 12.6. The molecule has 3 aromatic carbocycles. The molecule has 0 atom stereocenters. The van der Waals surface area contributed by atoms with Gasteiger partial charge in [-0.1, -0.05) is 36.4 Å². The second-order valence-electron chi connectivity index (χ2n) is 8.09. The van der Waals surface area contributed by atoms with Crippen LogP contribution in [0, 0.1) is 25.2 Å². The van der Waals surface area contributed by atoms with Crippen molar-refractivity contribution in [2.45, 2.75) is 13.8 Å². The van der Waals surface area contributed by atoms with Crippen LogP contribution >= 0.6 is 0 Å². The Labute approximate surface area is 189 Å². The first kappa shape index (κ1) is 21.5. The number of benzene rings is 3. The van der Waals surface area contributed by atoms with Gasteiger partial charge in [0.1, 0.15) is 5.75 Å². The van der Waals surface area contributed by atoms with Crippen molar-refractivity contribution in [3.63, 3.8) is 0 Å². The van der Waals surface area contributed by atoms with Crippen molar-refractivity contribution in [1.29, 1.82) is 5.26 Å². The molecule has 0 saturated carbocycles. The lowest BCUT2D eigenvalue weighted by Gasteiger charge is -2.37. The van der Waals surface area contributed by atoms with Crippen LogP contribution in [0.1, 0.15) is 16.7 Å². The number of hydrogen-bond donors (Lipinski definition) is 0. The van der Waals surface area contributed by atoms with Gasteiger partial charge >= 0.3 is 0 Å². The lowest BCUT2D eigenvalue weighted by atomic mass is 10.0. The molecule has 4 rings (SSSR count). The summed E-state index contributed by atoms with van der Waals surface area (Å²) < 4.78 is 5.75. The average Bonchev–Trinajstić information content (AvgIpc) is 2.85. The van der Waals surface area contributed by atoms with Gasteiger partial charge in [0.25, 0.3) is 5.91 Å². The van der Waals surface area contributed by atoms with Gasteiger partial charge in [0.2, 0.25) is 0 Å². The smallest absolute Gasteiger partial charge is 0.260 e. The Hall–Kier alpha value is -3.78. The van der Waals surface area contributed by atoms with Crippen LogP contribution in [0.4, 0.5) is 5.69 Å². The van der Waals surface area contributed by atoms with Gasteiger partial charge in [-0.2, -0.15) is 5.26 Å². The van der Waals surface area contributed by atoms with Crippen molar-refractivity contribution in [1.82, 2.24) is 4.90 Å². The van der Waals surface area contributed by atoms with Crippen LogP contribution in [0.25, 0.3) is 11.1 Å².